The van der Waals surface area contributed by atoms with E-state index in [1.54, 1.807) is 30.3 Å². The van der Waals surface area contributed by atoms with E-state index in [0.717, 1.165) is 0 Å². The van der Waals surface area contributed by atoms with E-state index >= 15 is 0 Å². The quantitative estimate of drug-likeness (QED) is 0.669. The molecule has 2 N–H and O–H groups in total. The minimum absolute atomic E-state index is 0.150. The van der Waals surface area contributed by atoms with Gasteiger partial charge in [0.1, 0.15) is 5.82 Å². The molecule has 2 aromatic rings. The Hall–Kier alpha value is -3.04. The van der Waals surface area contributed by atoms with Crippen LogP contribution in [0.2, 0.25) is 0 Å². The van der Waals surface area contributed by atoms with E-state index in [2.05, 4.69) is 10.6 Å². The van der Waals surface area contributed by atoms with Crippen molar-refractivity contribution in [1.82, 2.24) is 9.62 Å². The van der Waals surface area contributed by atoms with Crippen molar-refractivity contribution in [1.29, 1.82) is 0 Å². The molecule has 31 heavy (non-hydrogen) atoms. The Labute approximate surface area is 181 Å². The van der Waals surface area contributed by atoms with Crippen LogP contribution in [0.15, 0.2) is 59.5 Å². The summed E-state index contributed by atoms with van der Waals surface area (Å²) in [6.07, 6.45) is 3.64. The molecule has 1 aliphatic heterocycles. The van der Waals surface area contributed by atoms with Crippen LogP contribution in [-0.4, -0.2) is 43.7 Å². The predicted octanol–water partition coefficient (Wildman–Crippen LogP) is 2.77. The highest BCUT2D eigenvalue weighted by Gasteiger charge is 2.29. The fourth-order valence-corrected chi connectivity index (χ4v) is 4.80. The molecule has 2 amide bonds. The maximum Gasteiger partial charge on any atom is 0.244 e. The monoisotopic (exact) mass is 445 g/mol. The van der Waals surface area contributed by atoms with E-state index in [9.17, 15) is 22.4 Å². The number of carbonyl (C=O) groups excluding carboxylic acids is 2. The summed E-state index contributed by atoms with van der Waals surface area (Å²) in [5.41, 5.74) is 0.847. The number of rotatable bonds is 6. The molecule has 0 bridgehead atoms. The number of halogens is 1. The van der Waals surface area contributed by atoms with Crippen molar-refractivity contribution < 1.29 is 22.4 Å². The van der Waals surface area contributed by atoms with Crippen LogP contribution < -0.4 is 10.6 Å². The molecule has 2 aromatic carbocycles. The second-order valence-corrected chi connectivity index (χ2v) is 9.19. The molecule has 3 rings (SSSR count). The van der Waals surface area contributed by atoms with E-state index in [-0.39, 0.29) is 35.8 Å². The van der Waals surface area contributed by atoms with Crippen molar-refractivity contribution in [2.24, 2.45) is 0 Å². The first-order valence-corrected chi connectivity index (χ1v) is 11.3. The molecule has 9 heteroatoms. The average molecular weight is 446 g/mol. The maximum absolute atomic E-state index is 13.6. The molecular weight excluding hydrogens is 421 g/mol. The number of nitrogens with zero attached hydrogens (tertiary/aromatic N) is 1. The summed E-state index contributed by atoms with van der Waals surface area (Å²) in [6.45, 7) is 1.93. The van der Waals surface area contributed by atoms with Gasteiger partial charge in [-0.2, -0.15) is 4.31 Å². The Morgan fingerprint density at radius 1 is 1.06 bits per heavy atom. The molecule has 0 aromatic heterocycles. The number of piperidine rings is 1. The first-order chi connectivity index (χ1) is 14.8. The maximum atomic E-state index is 13.6. The molecule has 1 fully saturated rings. The van der Waals surface area contributed by atoms with Gasteiger partial charge in [0.05, 0.1) is 4.90 Å². The number of carbonyl (C=O) groups is 2. The number of anilines is 1. The molecule has 0 spiro atoms. The highest BCUT2D eigenvalue weighted by atomic mass is 32.2. The average Bonchev–Trinajstić information content (AvgIpc) is 2.73. The lowest BCUT2D eigenvalue weighted by Crippen LogP contribution is -2.46. The van der Waals surface area contributed by atoms with E-state index in [1.807, 2.05) is 0 Å². The van der Waals surface area contributed by atoms with Crippen molar-refractivity contribution in [2.75, 3.05) is 18.4 Å². The number of amides is 2. The number of sulfonamides is 1. The van der Waals surface area contributed by atoms with Crippen molar-refractivity contribution >= 4 is 33.6 Å². The van der Waals surface area contributed by atoms with Gasteiger partial charge >= 0.3 is 0 Å². The Morgan fingerprint density at radius 2 is 1.71 bits per heavy atom. The van der Waals surface area contributed by atoms with Crippen LogP contribution in [0.1, 0.15) is 25.3 Å². The fraction of sp³-hybridized carbons (Fsp3) is 0.273. The predicted molar refractivity (Wildman–Crippen MR) is 116 cm³/mol. The second kappa shape index (κ2) is 9.84. The fourth-order valence-electron chi connectivity index (χ4n) is 3.33. The molecule has 164 valence electrons. The first kappa shape index (κ1) is 22.6. The Bertz CT molecular complexity index is 1080. The largest absolute Gasteiger partial charge is 0.350 e. The lowest BCUT2D eigenvalue weighted by molar-refractivity contribution is -0.117. The van der Waals surface area contributed by atoms with Crippen LogP contribution >= 0.6 is 0 Å². The number of hydrogen-bond donors (Lipinski definition) is 2. The summed E-state index contributed by atoms with van der Waals surface area (Å²) >= 11 is 0. The van der Waals surface area contributed by atoms with Crippen LogP contribution in [0.25, 0.3) is 6.08 Å². The van der Waals surface area contributed by atoms with Crippen LogP contribution in [0, 0.1) is 5.82 Å². The number of nitrogens with one attached hydrogen (secondary N) is 2. The lowest BCUT2D eigenvalue weighted by atomic mass is 10.1. The zero-order chi connectivity index (χ0) is 22.4. The van der Waals surface area contributed by atoms with Gasteiger partial charge in [-0.25, -0.2) is 12.8 Å². The van der Waals surface area contributed by atoms with Crippen molar-refractivity contribution in [2.45, 2.75) is 30.7 Å². The SMILES string of the molecule is CC(=O)Nc1ccc(S(=O)(=O)N2CCC(NC(=O)C=Cc3ccccc3F)CC2)cc1. The molecular formula is C22H24FN3O4S. The molecule has 7 nitrogen and oxygen atoms in total. The van der Waals surface area contributed by atoms with Crippen molar-refractivity contribution in [3.63, 3.8) is 0 Å². The van der Waals surface area contributed by atoms with Gasteiger partial charge < -0.3 is 10.6 Å². The zero-order valence-electron chi connectivity index (χ0n) is 17.0. The topological polar surface area (TPSA) is 95.6 Å². The minimum Gasteiger partial charge on any atom is -0.350 e. The Kier molecular flexibility index (Phi) is 7.19. The molecule has 1 saturated heterocycles. The summed E-state index contributed by atoms with van der Waals surface area (Å²) in [4.78, 5) is 23.4. The summed E-state index contributed by atoms with van der Waals surface area (Å²) in [6, 6.07) is 12.0. The summed E-state index contributed by atoms with van der Waals surface area (Å²) in [7, 11) is -3.66. The van der Waals surface area contributed by atoms with Crippen LogP contribution in [-0.2, 0) is 19.6 Å². The van der Waals surface area contributed by atoms with Gasteiger partial charge in [-0.3, -0.25) is 9.59 Å². The zero-order valence-corrected chi connectivity index (χ0v) is 17.9. The summed E-state index contributed by atoms with van der Waals surface area (Å²) < 4.78 is 40.7. The van der Waals surface area contributed by atoms with E-state index in [1.165, 1.54) is 41.6 Å². The van der Waals surface area contributed by atoms with Gasteiger partial charge in [0, 0.05) is 43.4 Å². The van der Waals surface area contributed by atoms with E-state index < -0.39 is 15.8 Å². The van der Waals surface area contributed by atoms with Gasteiger partial charge in [0.25, 0.3) is 0 Å². The highest BCUT2D eigenvalue weighted by molar-refractivity contribution is 7.89. The van der Waals surface area contributed by atoms with Crippen LogP contribution in [0.4, 0.5) is 10.1 Å². The molecule has 0 aliphatic carbocycles. The number of benzene rings is 2. The van der Waals surface area contributed by atoms with Gasteiger partial charge in [-0.15, -0.1) is 0 Å². The Balaban J connectivity index is 1.54. The molecule has 0 atom stereocenters. The lowest BCUT2D eigenvalue weighted by Gasteiger charge is -2.31. The third-order valence-corrected chi connectivity index (χ3v) is 6.85. The third kappa shape index (κ3) is 5.99. The smallest absolute Gasteiger partial charge is 0.244 e. The van der Waals surface area contributed by atoms with Gasteiger partial charge in [0.2, 0.25) is 21.8 Å². The Morgan fingerprint density at radius 3 is 2.32 bits per heavy atom. The van der Waals surface area contributed by atoms with E-state index in [4.69, 9.17) is 0 Å². The van der Waals surface area contributed by atoms with Crippen LogP contribution in [0.5, 0.6) is 0 Å². The van der Waals surface area contributed by atoms with Gasteiger partial charge in [-0.1, -0.05) is 18.2 Å². The molecule has 1 heterocycles. The first-order valence-electron chi connectivity index (χ1n) is 9.86. The number of hydrogen-bond acceptors (Lipinski definition) is 4. The molecule has 0 saturated carbocycles. The van der Waals surface area contributed by atoms with Crippen molar-refractivity contribution in [3.8, 4) is 0 Å². The van der Waals surface area contributed by atoms with Crippen molar-refractivity contribution in [3.05, 3.63) is 66.0 Å². The van der Waals surface area contributed by atoms with E-state index in [0.29, 0.717) is 24.1 Å². The summed E-state index contributed by atoms with van der Waals surface area (Å²) in [5.74, 6) is -0.989. The minimum atomic E-state index is -3.66. The standard InChI is InChI=1S/C22H24FN3O4S/c1-16(27)24-18-7-9-20(10-8-18)31(29,30)26-14-12-19(13-15-26)25-22(28)11-6-17-4-2-3-5-21(17)23/h2-11,19H,12-15H2,1H3,(H,24,27)(H,25,28). The molecule has 0 unspecified atom stereocenters. The highest BCUT2D eigenvalue weighted by Crippen LogP contribution is 2.22. The second-order valence-electron chi connectivity index (χ2n) is 7.25. The molecule has 0 radical (unpaired) electrons. The van der Waals surface area contributed by atoms with Crippen LogP contribution in [0.3, 0.4) is 0 Å². The van der Waals surface area contributed by atoms with Gasteiger partial charge in [-0.05, 0) is 49.2 Å². The van der Waals surface area contributed by atoms with Gasteiger partial charge in [0.15, 0.2) is 0 Å². The molecule has 1 aliphatic rings. The normalized spacial score (nSPS) is 15.7. The summed E-state index contributed by atoms with van der Waals surface area (Å²) in [5, 5.41) is 5.43. The third-order valence-electron chi connectivity index (χ3n) is 4.93.